The van der Waals surface area contributed by atoms with E-state index in [-0.39, 0.29) is 10.9 Å². The molecule has 15 heavy (non-hydrogen) atoms. The van der Waals surface area contributed by atoms with E-state index in [4.69, 9.17) is 18.0 Å². The van der Waals surface area contributed by atoms with Crippen LogP contribution in [0.1, 0.15) is 33.1 Å². The average Bonchev–Trinajstić information content (AvgIpc) is 2.09. The molecule has 4 heteroatoms. The second-order valence-corrected chi connectivity index (χ2v) is 5.41. The Labute approximate surface area is 97.0 Å². The first-order chi connectivity index (χ1) is 6.85. The molecule has 0 aliphatic heterocycles. The molecular weight excluding hydrogens is 208 g/mol. The Morgan fingerprint density at radius 2 is 2.07 bits per heavy atom. The number of amides is 1. The molecule has 0 unspecified atom stereocenters. The summed E-state index contributed by atoms with van der Waals surface area (Å²) in [5.41, 5.74) is 4.86. The first kappa shape index (κ1) is 12.4. The van der Waals surface area contributed by atoms with Crippen LogP contribution in [0.2, 0.25) is 0 Å². The summed E-state index contributed by atoms with van der Waals surface area (Å²) in [5.74, 6) is 0.711. The van der Waals surface area contributed by atoms with Crippen molar-refractivity contribution < 1.29 is 4.79 Å². The summed E-state index contributed by atoms with van der Waals surface area (Å²) in [6, 6.07) is 0. The van der Waals surface area contributed by atoms with E-state index in [0.717, 1.165) is 6.54 Å². The van der Waals surface area contributed by atoms with Gasteiger partial charge in [-0.15, -0.1) is 0 Å². The summed E-state index contributed by atoms with van der Waals surface area (Å²) < 4.78 is 0. The number of nitrogens with two attached hydrogens (primary N) is 1. The van der Waals surface area contributed by atoms with Crippen molar-refractivity contribution in [3.63, 3.8) is 0 Å². The molecule has 0 aromatic rings. The maximum Gasteiger partial charge on any atom is 0.234 e. The number of thiocarbonyl (C=S) groups is 1. The fourth-order valence-electron chi connectivity index (χ4n) is 1.73. The predicted octanol–water partition coefficient (Wildman–Crippen LogP) is 1.56. The van der Waals surface area contributed by atoms with Gasteiger partial charge in [0, 0.05) is 13.6 Å². The molecule has 0 radical (unpaired) electrons. The van der Waals surface area contributed by atoms with E-state index in [9.17, 15) is 4.79 Å². The molecule has 0 bridgehead atoms. The molecule has 86 valence electrons. The highest BCUT2D eigenvalue weighted by molar-refractivity contribution is 7.80. The molecule has 0 aromatic carbocycles. The van der Waals surface area contributed by atoms with Gasteiger partial charge in [-0.3, -0.25) is 4.79 Å². The molecular formula is C11H20N2OS. The van der Waals surface area contributed by atoms with E-state index in [1.54, 1.807) is 18.7 Å². The third-order valence-electron chi connectivity index (χ3n) is 3.25. The van der Waals surface area contributed by atoms with Crippen LogP contribution in [0, 0.1) is 11.3 Å². The monoisotopic (exact) mass is 228 g/mol. The van der Waals surface area contributed by atoms with Crippen molar-refractivity contribution in [3.05, 3.63) is 0 Å². The summed E-state index contributed by atoms with van der Waals surface area (Å²) in [5, 5.41) is 0. The van der Waals surface area contributed by atoms with Crippen molar-refractivity contribution in [2.24, 2.45) is 17.1 Å². The van der Waals surface area contributed by atoms with Crippen molar-refractivity contribution in [3.8, 4) is 0 Å². The van der Waals surface area contributed by atoms with E-state index in [1.807, 2.05) is 7.05 Å². The van der Waals surface area contributed by atoms with Crippen LogP contribution in [0.5, 0.6) is 0 Å². The highest BCUT2D eigenvalue weighted by Crippen LogP contribution is 2.28. The topological polar surface area (TPSA) is 46.3 Å². The lowest BCUT2D eigenvalue weighted by molar-refractivity contribution is -0.136. The van der Waals surface area contributed by atoms with Gasteiger partial charge in [-0.1, -0.05) is 18.6 Å². The third-order valence-corrected chi connectivity index (χ3v) is 3.76. The van der Waals surface area contributed by atoms with Gasteiger partial charge in [0.2, 0.25) is 5.91 Å². The van der Waals surface area contributed by atoms with Crippen LogP contribution >= 0.6 is 12.2 Å². The van der Waals surface area contributed by atoms with Crippen molar-refractivity contribution in [1.82, 2.24) is 4.90 Å². The predicted molar refractivity (Wildman–Crippen MR) is 65.5 cm³/mol. The van der Waals surface area contributed by atoms with Gasteiger partial charge in [0.05, 0.1) is 10.4 Å². The molecule has 1 rings (SSSR count). The maximum atomic E-state index is 12.0. The van der Waals surface area contributed by atoms with E-state index < -0.39 is 5.41 Å². The lowest BCUT2D eigenvalue weighted by Crippen LogP contribution is -2.47. The fraction of sp³-hybridized carbons (Fsp3) is 0.818. The zero-order chi connectivity index (χ0) is 11.6. The van der Waals surface area contributed by atoms with E-state index in [0.29, 0.717) is 5.92 Å². The van der Waals surface area contributed by atoms with Crippen LogP contribution in [0.4, 0.5) is 0 Å². The Kier molecular flexibility index (Phi) is 3.71. The number of nitrogens with zero attached hydrogens (tertiary/aromatic N) is 1. The van der Waals surface area contributed by atoms with Crippen LogP contribution in [0.3, 0.4) is 0 Å². The SMILES string of the molecule is CN(CC1CCC1)C(=O)C(C)(C)C(N)=S. The minimum Gasteiger partial charge on any atom is -0.392 e. The van der Waals surface area contributed by atoms with Gasteiger partial charge in [0.1, 0.15) is 0 Å². The quantitative estimate of drug-likeness (QED) is 0.743. The van der Waals surface area contributed by atoms with Crippen molar-refractivity contribution >= 4 is 23.1 Å². The van der Waals surface area contributed by atoms with Gasteiger partial charge >= 0.3 is 0 Å². The molecule has 1 aliphatic carbocycles. The van der Waals surface area contributed by atoms with Gasteiger partial charge in [-0.25, -0.2) is 0 Å². The number of carbonyl (C=O) groups is 1. The molecule has 1 amide bonds. The van der Waals surface area contributed by atoms with Crippen LogP contribution in [0.25, 0.3) is 0 Å². The molecule has 2 N–H and O–H groups in total. The molecule has 3 nitrogen and oxygen atoms in total. The van der Waals surface area contributed by atoms with Gasteiger partial charge < -0.3 is 10.6 Å². The fourth-order valence-corrected chi connectivity index (χ4v) is 1.82. The third kappa shape index (κ3) is 2.68. The highest BCUT2D eigenvalue weighted by atomic mass is 32.1. The Bertz CT molecular complexity index is 272. The van der Waals surface area contributed by atoms with Crippen LogP contribution in [-0.4, -0.2) is 29.4 Å². The zero-order valence-electron chi connectivity index (χ0n) is 9.75. The highest BCUT2D eigenvalue weighted by Gasteiger charge is 2.34. The van der Waals surface area contributed by atoms with Crippen LogP contribution in [-0.2, 0) is 4.79 Å². The van der Waals surface area contributed by atoms with Gasteiger partial charge in [0.25, 0.3) is 0 Å². The normalized spacial score (nSPS) is 17.0. The molecule has 1 aliphatic rings. The Morgan fingerprint density at radius 1 is 1.53 bits per heavy atom. The minimum atomic E-state index is -0.714. The minimum absolute atomic E-state index is 0.0295. The Balaban J connectivity index is 2.54. The number of hydrogen-bond donors (Lipinski definition) is 1. The molecule has 0 saturated heterocycles. The van der Waals surface area contributed by atoms with Crippen molar-refractivity contribution in [2.75, 3.05) is 13.6 Å². The number of hydrogen-bond acceptors (Lipinski definition) is 2. The van der Waals surface area contributed by atoms with Crippen molar-refractivity contribution in [2.45, 2.75) is 33.1 Å². The summed E-state index contributed by atoms with van der Waals surface area (Å²) in [6.45, 7) is 4.41. The first-order valence-corrected chi connectivity index (χ1v) is 5.82. The van der Waals surface area contributed by atoms with Gasteiger partial charge in [-0.05, 0) is 32.6 Å². The molecule has 0 heterocycles. The summed E-state index contributed by atoms with van der Waals surface area (Å²) >= 11 is 4.91. The largest absolute Gasteiger partial charge is 0.392 e. The smallest absolute Gasteiger partial charge is 0.234 e. The molecule has 0 atom stereocenters. The summed E-state index contributed by atoms with van der Waals surface area (Å²) in [4.78, 5) is 14.1. The van der Waals surface area contributed by atoms with E-state index in [2.05, 4.69) is 0 Å². The van der Waals surface area contributed by atoms with Gasteiger partial charge in [0.15, 0.2) is 0 Å². The maximum absolute atomic E-state index is 12.0. The zero-order valence-corrected chi connectivity index (χ0v) is 10.6. The Hall–Kier alpha value is -0.640. The second kappa shape index (κ2) is 4.47. The lowest BCUT2D eigenvalue weighted by atomic mass is 9.84. The number of rotatable bonds is 4. The molecule has 1 fully saturated rings. The Morgan fingerprint density at radius 3 is 2.40 bits per heavy atom. The number of carbonyl (C=O) groups excluding carboxylic acids is 1. The van der Waals surface area contributed by atoms with Crippen molar-refractivity contribution in [1.29, 1.82) is 0 Å². The summed E-state index contributed by atoms with van der Waals surface area (Å²) in [6.07, 6.45) is 3.78. The lowest BCUT2D eigenvalue weighted by Gasteiger charge is -2.34. The van der Waals surface area contributed by atoms with Gasteiger partial charge in [-0.2, -0.15) is 0 Å². The average molecular weight is 228 g/mol. The molecule has 1 saturated carbocycles. The first-order valence-electron chi connectivity index (χ1n) is 5.41. The summed E-state index contributed by atoms with van der Waals surface area (Å²) in [7, 11) is 1.83. The van der Waals surface area contributed by atoms with Crippen LogP contribution < -0.4 is 5.73 Å². The molecule has 0 spiro atoms. The second-order valence-electron chi connectivity index (χ2n) is 4.97. The standard InChI is InChI=1S/C11H20N2OS/c1-11(2,9(12)15)10(14)13(3)7-8-5-4-6-8/h8H,4-7H2,1-3H3,(H2,12,15). The molecule has 0 aromatic heterocycles. The van der Waals surface area contributed by atoms with E-state index in [1.165, 1.54) is 19.3 Å². The van der Waals surface area contributed by atoms with Crippen LogP contribution in [0.15, 0.2) is 0 Å². The van der Waals surface area contributed by atoms with E-state index >= 15 is 0 Å².